The van der Waals surface area contributed by atoms with Crippen LogP contribution in [0.25, 0.3) is 5.76 Å². The Morgan fingerprint density at radius 2 is 1.68 bits per heavy atom. The number of aromatic nitrogens is 2. The highest BCUT2D eigenvalue weighted by Gasteiger charge is 2.46. The average Bonchev–Trinajstić information content (AvgIpc) is 3.00. The van der Waals surface area contributed by atoms with Gasteiger partial charge in [-0.05, 0) is 29.3 Å². The van der Waals surface area contributed by atoms with Gasteiger partial charge in [0.2, 0.25) is 0 Å². The van der Waals surface area contributed by atoms with Crippen molar-refractivity contribution in [2.45, 2.75) is 12.6 Å². The fraction of sp³-hybridized carbons (Fsp3) is 0.0909. The van der Waals surface area contributed by atoms with Crippen molar-refractivity contribution in [1.82, 2.24) is 14.9 Å². The van der Waals surface area contributed by atoms with Crippen LogP contribution in [-0.2, 0) is 16.1 Å². The van der Waals surface area contributed by atoms with Gasteiger partial charge in [0.25, 0.3) is 11.7 Å². The van der Waals surface area contributed by atoms with Crippen molar-refractivity contribution in [3.05, 3.63) is 102 Å². The van der Waals surface area contributed by atoms with E-state index in [1.54, 1.807) is 67.3 Å². The molecule has 0 radical (unpaired) electrons. The molecule has 3 aromatic rings. The maximum absolute atomic E-state index is 12.9. The number of amides is 1. The molecule has 138 valence electrons. The Balaban J connectivity index is 1.85. The van der Waals surface area contributed by atoms with E-state index in [2.05, 4.69) is 9.97 Å². The Hall–Kier alpha value is -3.80. The predicted octanol–water partition coefficient (Wildman–Crippen LogP) is 3.10. The lowest BCUT2D eigenvalue weighted by Crippen LogP contribution is -2.29. The van der Waals surface area contributed by atoms with Gasteiger partial charge in [0.05, 0.1) is 11.6 Å². The van der Waals surface area contributed by atoms with Crippen molar-refractivity contribution in [3.8, 4) is 0 Å². The summed E-state index contributed by atoms with van der Waals surface area (Å²) in [6, 6.07) is 15.1. The van der Waals surface area contributed by atoms with Gasteiger partial charge in [-0.25, -0.2) is 0 Å². The van der Waals surface area contributed by atoms with Gasteiger partial charge in [-0.15, -0.1) is 0 Å². The lowest BCUT2D eigenvalue weighted by atomic mass is 9.96. The molecule has 1 fully saturated rings. The van der Waals surface area contributed by atoms with E-state index in [0.29, 0.717) is 11.1 Å². The molecule has 1 saturated heterocycles. The maximum atomic E-state index is 12.9. The lowest BCUT2D eigenvalue weighted by molar-refractivity contribution is -0.140. The first-order chi connectivity index (χ1) is 13.7. The van der Waals surface area contributed by atoms with Crippen molar-refractivity contribution < 1.29 is 14.7 Å². The van der Waals surface area contributed by atoms with Gasteiger partial charge in [-0.2, -0.15) is 0 Å². The molecule has 4 rings (SSSR count). The highest BCUT2D eigenvalue weighted by Crippen LogP contribution is 2.39. The summed E-state index contributed by atoms with van der Waals surface area (Å²) < 4.78 is 0. The van der Waals surface area contributed by atoms with E-state index in [1.165, 1.54) is 4.90 Å². The van der Waals surface area contributed by atoms with Gasteiger partial charge in [-0.1, -0.05) is 36.4 Å². The first kappa shape index (κ1) is 17.6. The molecule has 1 aliphatic rings. The maximum Gasteiger partial charge on any atom is 0.295 e. The summed E-state index contributed by atoms with van der Waals surface area (Å²) in [5.74, 6) is -1.54. The Morgan fingerprint density at radius 3 is 2.36 bits per heavy atom. The first-order valence-electron chi connectivity index (χ1n) is 8.79. The Morgan fingerprint density at radius 1 is 0.929 bits per heavy atom. The van der Waals surface area contributed by atoms with Crippen molar-refractivity contribution in [2.24, 2.45) is 0 Å². The van der Waals surface area contributed by atoms with E-state index in [0.717, 1.165) is 5.56 Å². The van der Waals surface area contributed by atoms with Crippen LogP contribution >= 0.6 is 0 Å². The van der Waals surface area contributed by atoms with Crippen LogP contribution in [0, 0.1) is 0 Å². The van der Waals surface area contributed by atoms with Crippen LogP contribution in [0.15, 0.2) is 85.0 Å². The molecule has 1 amide bonds. The number of Topliss-reactive ketones (excluding diaryl/α,β-unsaturated/α-hetero) is 1. The first-order valence-corrected chi connectivity index (χ1v) is 8.79. The number of rotatable bonds is 4. The van der Waals surface area contributed by atoms with Gasteiger partial charge < -0.3 is 10.0 Å². The second kappa shape index (κ2) is 7.44. The Bertz CT molecular complexity index is 1030. The van der Waals surface area contributed by atoms with E-state index < -0.39 is 17.7 Å². The highest BCUT2D eigenvalue weighted by molar-refractivity contribution is 6.46. The second-order valence-corrected chi connectivity index (χ2v) is 6.43. The molecule has 6 heteroatoms. The normalized spacial score (nSPS) is 18.4. The molecule has 1 N–H and O–H groups in total. The number of carbonyl (C=O) groups excluding carboxylic acids is 2. The average molecular weight is 371 g/mol. The van der Waals surface area contributed by atoms with Crippen LogP contribution in [0.4, 0.5) is 0 Å². The number of aliphatic hydroxyl groups excluding tert-OH is 1. The summed E-state index contributed by atoms with van der Waals surface area (Å²) in [6.07, 6.45) is 6.50. The number of ketones is 1. The summed E-state index contributed by atoms with van der Waals surface area (Å²) in [4.78, 5) is 35.3. The van der Waals surface area contributed by atoms with Crippen LogP contribution in [0.5, 0.6) is 0 Å². The van der Waals surface area contributed by atoms with Crippen LogP contribution in [0.2, 0.25) is 0 Å². The molecule has 1 atom stereocenters. The van der Waals surface area contributed by atoms with E-state index in [-0.39, 0.29) is 17.9 Å². The zero-order valence-electron chi connectivity index (χ0n) is 14.9. The minimum atomic E-state index is -0.705. The van der Waals surface area contributed by atoms with Crippen LogP contribution in [0.3, 0.4) is 0 Å². The number of carbonyl (C=O) groups is 2. The molecule has 28 heavy (non-hydrogen) atoms. The zero-order valence-corrected chi connectivity index (χ0v) is 14.9. The lowest BCUT2D eigenvalue weighted by Gasteiger charge is -2.25. The van der Waals surface area contributed by atoms with E-state index in [1.807, 2.05) is 12.1 Å². The molecule has 0 spiro atoms. The fourth-order valence-electron chi connectivity index (χ4n) is 3.38. The van der Waals surface area contributed by atoms with Crippen LogP contribution in [-0.4, -0.2) is 31.7 Å². The standard InChI is InChI=1S/C22H17N3O3/c26-20(17-6-2-1-3-7-17)18-19(16-8-11-23-12-9-16)25(22(28)21(18)27)14-15-5-4-10-24-13-15/h1-13,19,26H,14H2/b20-18+/t19-/m0/s1. The van der Waals surface area contributed by atoms with Gasteiger partial charge in [0.15, 0.2) is 0 Å². The monoisotopic (exact) mass is 371 g/mol. The van der Waals surface area contributed by atoms with Crippen molar-refractivity contribution in [2.75, 3.05) is 0 Å². The Labute approximate surface area is 161 Å². The number of nitrogens with zero attached hydrogens (tertiary/aromatic N) is 3. The third-order valence-electron chi connectivity index (χ3n) is 4.68. The minimum Gasteiger partial charge on any atom is -0.507 e. The molecule has 0 saturated carbocycles. The molecule has 6 nitrogen and oxygen atoms in total. The minimum absolute atomic E-state index is 0.0753. The van der Waals surface area contributed by atoms with Crippen LogP contribution < -0.4 is 0 Å². The number of benzene rings is 1. The smallest absolute Gasteiger partial charge is 0.295 e. The number of likely N-dealkylation sites (tertiary alicyclic amines) is 1. The molecule has 1 aromatic carbocycles. The van der Waals surface area contributed by atoms with E-state index >= 15 is 0 Å². The van der Waals surface area contributed by atoms with Crippen LogP contribution in [0.1, 0.15) is 22.7 Å². The van der Waals surface area contributed by atoms with Crippen molar-refractivity contribution >= 4 is 17.4 Å². The predicted molar refractivity (Wildman–Crippen MR) is 103 cm³/mol. The molecule has 0 bridgehead atoms. The summed E-state index contributed by atoms with van der Waals surface area (Å²) in [5, 5.41) is 10.9. The highest BCUT2D eigenvalue weighted by atomic mass is 16.3. The fourth-order valence-corrected chi connectivity index (χ4v) is 3.38. The molecular weight excluding hydrogens is 354 g/mol. The number of pyridine rings is 2. The summed E-state index contributed by atoms with van der Waals surface area (Å²) in [6.45, 7) is 0.205. The third-order valence-corrected chi connectivity index (χ3v) is 4.68. The number of aliphatic hydroxyl groups is 1. The largest absolute Gasteiger partial charge is 0.507 e. The summed E-state index contributed by atoms with van der Waals surface area (Å²) >= 11 is 0. The Kier molecular flexibility index (Phi) is 4.68. The number of hydrogen-bond acceptors (Lipinski definition) is 5. The molecule has 0 unspecified atom stereocenters. The molecule has 3 heterocycles. The second-order valence-electron chi connectivity index (χ2n) is 6.43. The zero-order chi connectivity index (χ0) is 19.5. The van der Waals surface area contributed by atoms with Gasteiger partial charge in [0, 0.05) is 36.9 Å². The van der Waals surface area contributed by atoms with Gasteiger partial charge in [-0.3, -0.25) is 19.6 Å². The third kappa shape index (κ3) is 3.16. The van der Waals surface area contributed by atoms with Gasteiger partial charge >= 0.3 is 0 Å². The van der Waals surface area contributed by atoms with Crippen molar-refractivity contribution in [3.63, 3.8) is 0 Å². The SMILES string of the molecule is O=C1C(=O)N(Cc2cccnc2)[C@@H](c2ccncc2)/C1=C(\O)c1ccccc1. The summed E-state index contributed by atoms with van der Waals surface area (Å²) in [5.41, 5.74) is 2.06. The topological polar surface area (TPSA) is 83.4 Å². The quantitative estimate of drug-likeness (QED) is 0.433. The summed E-state index contributed by atoms with van der Waals surface area (Å²) in [7, 11) is 0. The number of hydrogen-bond donors (Lipinski definition) is 1. The molecule has 0 aliphatic carbocycles. The van der Waals surface area contributed by atoms with E-state index in [9.17, 15) is 14.7 Å². The van der Waals surface area contributed by atoms with Gasteiger partial charge in [0.1, 0.15) is 5.76 Å². The molecule has 1 aliphatic heterocycles. The van der Waals surface area contributed by atoms with E-state index in [4.69, 9.17) is 0 Å². The molecular formula is C22H17N3O3. The molecule has 2 aromatic heterocycles. The van der Waals surface area contributed by atoms with Crippen molar-refractivity contribution in [1.29, 1.82) is 0 Å².